The van der Waals surface area contributed by atoms with Crippen LogP contribution in [0.4, 0.5) is 0 Å². The number of thioether (sulfide) groups is 1. The van der Waals surface area contributed by atoms with Crippen LogP contribution in [-0.4, -0.2) is 40.3 Å². The van der Waals surface area contributed by atoms with E-state index >= 15 is 0 Å². The van der Waals surface area contributed by atoms with Crippen molar-refractivity contribution in [2.45, 2.75) is 56.7 Å². The first-order valence-electron chi connectivity index (χ1n) is 12.9. The highest BCUT2D eigenvalue weighted by Crippen LogP contribution is 2.46. The average molecular weight is 537 g/mol. The normalized spacial score (nSPS) is 17.7. The minimum Gasteiger partial charge on any atom is -0.492 e. The highest BCUT2D eigenvalue weighted by Gasteiger charge is 2.37. The molecule has 0 N–H and O–H groups in total. The maximum Gasteiger partial charge on any atom is 0.192 e. The first kappa shape index (κ1) is 27.8. The van der Waals surface area contributed by atoms with E-state index in [2.05, 4.69) is 101 Å². The number of hydrogen-bond acceptors (Lipinski definition) is 5. The fourth-order valence-electron chi connectivity index (χ4n) is 4.44. The van der Waals surface area contributed by atoms with Crippen LogP contribution in [-0.2, 0) is 15.8 Å². The number of fused-ring (bicyclic) bond motifs is 1. The van der Waals surface area contributed by atoms with Crippen molar-refractivity contribution >= 4 is 20.1 Å². The lowest BCUT2D eigenvalue weighted by atomic mass is 9.82. The summed E-state index contributed by atoms with van der Waals surface area (Å²) in [5, 5.41) is 0.509. The number of para-hydroxylation sites is 1. The van der Waals surface area contributed by atoms with Crippen LogP contribution in [0.2, 0.25) is 18.1 Å². The Balaban J connectivity index is 1.71. The molecular weight excluding hydrogens is 496 g/mol. The van der Waals surface area contributed by atoms with Gasteiger partial charge in [0.25, 0.3) is 0 Å². The predicted octanol–water partition coefficient (Wildman–Crippen LogP) is 8.11. The van der Waals surface area contributed by atoms with Crippen molar-refractivity contribution in [3.05, 3.63) is 83.4 Å². The molecule has 0 saturated heterocycles. The van der Waals surface area contributed by atoms with Gasteiger partial charge in [0.2, 0.25) is 0 Å². The minimum atomic E-state index is -1.81. The Bertz CT molecular complexity index is 1190. The molecule has 0 aromatic heterocycles. The summed E-state index contributed by atoms with van der Waals surface area (Å²) < 4.78 is 23.6. The lowest BCUT2D eigenvalue weighted by Gasteiger charge is -2.36. The minimum absolute atomic E-state index is 0.193. The number of hydrogen-bond donors (Lipinski definition) is 0. The third kappa shape index (κ3) is 6.25. The quantitative estimate of drug-likeness (QED) is 0.204. The molecule has 0 radical (unpaired) electrons. The SMILES string of the molecule is COCOc1ccc(C2c3ccccc3OCC2SC)c(-c2ccc(CO[Si](C)(C)C(C)(C)C)cc2)c1. The van der Waals surface area contributed by atoms with Gasteiger partial charge in [-0.2, -0.15) is 11.8 Å². The van der Waals surface area contributed by atoms with Crippen LogP contribution in [0.15, 0.2) is 66.7 Å². The molecule has 4 rings (SSSR count). The zero-order valence-electron chi connectivity index (χ0n) is 23.2. The lowest BCUT2D eigenvalue weighted by molar-refractivity contribution is 0.0511. The molecule has 0 spiro atoms. The molecular formula is C31H40O4SSi. The molecule has 1 aliphatic rings. The summed E-state index contributed by atoms with van der Waals surface area (Å²) in [5.74, 6) is 1.99. The van der Waals surface area contributed by atoms with Gasteiger partial charge in [0.05, 0.1) is 6.61 Å². The Morgan fingerprint density at radius 3 is 2.38 bits per heavy atom. The second-order valence-electron chi connectivity index (χ2n) is 11.1. The molecule has 198 valence electrons. The number of ether oxygens (including phenoxy) is 3. The van der Waals surface area contributed by atoms with E-state index in [9.17, 15) is 0 Å². The third-order valence-corrected chi connectivity index (χ3v) is 13.2. The topological polar surface area (TPSA) is 36.9 Å². The molecule has 0 saturated carbocycles. The molecule has 2 unspecified atom stereocenters. The first-order chi connectivity index (χ1) is 17.6. The first-order valence-corrected chi connectivity index (χ1v) is 17.1. The van der Waals surface area contributed by atoms with Crippen molar-refractivity contribution in [1.29, 1.82) is 0 Å². The van der Waals surface area contributed by atoms with Gasteiger partial charge in [-0.1, -0.05) is 69.3 Å². The Morgan fingerprint density at radius 1 is 0.973 bits per heavy atom. The molecule has 0 amide bonds. The average Bonchev–Trinajstić information content (AvgIpc) is 2.89. The third-order valence-electron chi connectivity index (χ3n) is 7.71. The van der Waals surface area contributed by atoms with Gasteiger partial charge >= 0.3 is 0 Å². The molecule has 37 heavy (non-hydrogen) atoms. The van der Waals surface area contributed by atoms with E-state index in [0.717, 1.165) is 17.1 Å². The van der Waals surface area contributed by atoms with Crippen molar-refractivity contribution in [1.82, 2.24) is 0 Å². The Hall–Kier alpha value is -2.25. The fraction of sp³-hybridized carbons (Fsp3) is 0.419. The molecule has 4 nitrogen and oxygen atoms in total. The van der Waals surface area contributed by atoms with Gasteiger partial charge in [0.1, 0.15) is 18.1 Å². The number of methoxy groups -OCH3 is 1. The molecule has 0 fully saturated rings. The van der Waals surface area contributed by atoms with Crippen LogP contribution in [0.5, 0.6) is 11.5 Å². The predicted molar refractivity (Wildman–Crippen MR) is 157 cm³/mol. The van der Waals surface area contributed by atoms with Gasteiger partial charge in [0.15, 0.2) is 15.1 Å². The zero-order chi connectivity index (χ0) is 26.6. The molecule has 3 aromatic carbocycles. The van der Waals surface area contributed by atoms with Crippen LogP contribution in [0.1, 0.15) is 43.4 Å². The molecule has 1 aliphatic heterocycles. The van der Waals surface area contributed by atoms with Crippen molar-refractivity contribution < 1.29 is 18.6 Å². The van der Waals surface area contributed by atoms with Crippen molar-refractivity contribution in [3.63, 3.8) is 0 Å². The van der Waals surface area contributed by atoms with Gasteiger partial charge < -0.3 is 18.6 Å². The molecule has 6 heteroatoms. The fourth-order valence-corrected chi connectivity index (χ4v) is 6.17. The van der Waals surface area contributed by atoms with Gasteiger partial charge in [-0.3, -0.25) is 0 Å². The van der Waals surface area contributed by atoms with E-state index in [1.165, 1.54) is 22.3 Å². The molecule has 2 atom stereocenters. The summed E-state index contributed by atoms with van der Waals surface area (Å²) in [7, 11) is -0.164. The largest absolute Gasteiger partial charge is 0.492 e. The number of benzene rings is 3. The monoisotopic (exact) mass is 536 g/mol. The van der Waals surface area contributed by atoms with Gasteiger partial charge in [-0.25, -0.2) is 0 Å². The van der Waals surface area contributed by atoms with Crippen molar-refractivity contribution in [2.24, 2.45) is 0 Å². The summed E-state index contributed by atoms with van der Waals surface area (Å²) in [6.45, 7) is 13.0. The van der Waals surface area contributed by atoms with Gasteiger partial charge in [-0.05, 0) is 64.8 Å². The molecule has 0 bridgehead atoms. The van der Waals surface area contributed by atoms with Gasteiger partial charge in [-0.15, -0.1) is 0 Å². The summed E-state index contributed by atoms with van der Waals surface area (Å²) in [4.78, 5) is 0. The zero-order valence-corrected chi connectivity index (χ0v) is 25.0. The highest BCUT2D eigenvalue weighted by molar-refractivity contribution is 7.99. The summed E-state index contributed by atoms with van der Waals surface area (Å²) >= 11 is 1.86. The summed E-state index contributed by atoms with van der Waals surface area (Å²) in [5.41, 5.74) is 6.05. The van der Waals surface area contributed by atoms with E-state index < -0.39 is 8.32 Å². The van der Waals surface area contributed by atoms with Crippen LogP contribution < -0.4 is 9.47 Å². The second kappa shape index (κ2) is 11.6. The van der Waals surface area contributed by atoms with E-state index in [1.807, 2.05) is 17.8 Å². The molecule has 3 aromatic rings. The number of rotatable bonds is 9. The standard InChI is InChI=1S/C31H40O4SSi/c1-31(2,3)37(6,7)35-19-22-12-14-23(15-13-22)27-18-24(34-21-32-4)16-17-25(27)30-26-10-8-9-11-28(26)33-20-29(30)36-5/h8-18,29-30H,19-21H2,1-7H3. The van der Waals surface area contributed by atoms with E-state index in [0.29, 0.717) is 18.5 Å². The van der Waals surface area contributed by atoms with Crippen LogP contribution in [0.25, 0.3) is 11.1 Å². The maximum atomic E-state index is 6.46. The second-order valence-corrected chi connectivity index (χ2v) is 17.0. The molecule has 1 heterocycles. The van der Waals surface area contributed by atoms with Crippen LogP contribution in [0.3, 0.4) is 0 Å². The van der Waals surface area contributed by atoms with E-state index in [-0.39, 0.29) is 17.7 Å². The highest BCUT2D eigenvalue weighted by atomic mass is 32.2. The summed E-state index contributed by atoms with van der Waals surface area (Å²) in [6, 6.07) is 23.6. The van der Waals surface area contributed by atoms with Crippen LogP contribution in [0, 0.1) is 0 Å². The molecule has 0 aliphatic carbocycles. The summed E-state index contributed by atoms with van der Waals surface area (Å²) in [6.07, 6.45) is 2.17. The van der Waals surface area contributed by atoms with E-state index in [4.69, 9.17) is 18.6 Å². The smallest absolute Gasteiger partial charge is 0.192 e. The maximum absolute atomic E-state index is 6.46. The lowest BCUT2D eigenvalue weighted by Crippen LogP contribution is -2.40. The van der Waals surface area contributed by atoms with Gasteiger partial charge in [0, 0.05) is 23.8 Å². The van der Waals surface area contributed by atoms with E-state index in [1.54, 1.807) is 7.11 Å². The Labute approximate surface area is 227 Å². The Kier molecular flexibility index (Phi) is 8.74. The van der Waals surface area contributed by atoms with Crippen molar-refractivity contribution in [3.8, 4) is 22.6 Å². The van der Waals surface area contributed by atoms with Crippen LogP contribution >= 0.6 is 11.8 Å². The van der Waals surface area contributed by atoms with Crippen molar-refractivity contribution in [2.75, 3.05) is 26.8 Å². The Morgan fingerprint density at radius 2 is 1.70 bits per heavy atom.